The zero-order valence-corrected chi connectivity index (χ0v) is 53.8. The van der Waals surface area contributed by atoms with Crippen molar-refractivity contribution < 1.29 is 52.8 Å². The summed E-state index contributed by atoms with van der Waals surface area (Å²) in [7, 11) is 0. The molecule has 20 heteroatoms. The number of nitrogens with zero attached hydrogens (tertiary/aromatic N) is 7. The molecule has 2 fully saturated rings. The van der Waals surface area contributed by atoms with Gasteiger partial charge in [-0.15, -0.1) is 11.3 Å². The molecule has 8 rings (SSSR count). The van der Waals surface area contributed by atoms with Crippen molar-refractivity contribution in [3.8, 4) is 21.7 Å². The van der Waals surface area contributed by atoms with Gasteiger partial charge in [-0.1, -0.05) is 87.5 Å². The summed E-state index contributed by atoms with van der Waals surface area (Å²) in [5, 5.41) is 13.3. The van der Waals surface area contributed by atoms with Gasteiger partial charge in [-0.25, -0.2) is 15.0 Å². The molecule has 2 N–H and O–H groups in total. The van der Waals surface area contributed by atoms with Crippen molar-refractivity contribution in [3.63, 3.8) is 0 Å². The molecule has 0 unspecified atom stereocenters. The first kappa shape index (κ1) is 69.5. The lowest BCUT2D eigenvalue weighted by molar-refractivity contribution is -0.146. The molecule has 3 amide bonds. The summed E-state index contributed by atoms with van der Waals surface area (Å²) in [5.74, 6) is -0.333. The van der Waals surface area contributed by atoms with E-state index in [0.29, 0.717) is 104 Å². The van der Waals surface area contributed by atoms with Crippen LogP contribution in [0.2, 0.25) is 0 Å². The maximum absolute atomic E-state index is 13.7. The van der Waals surface area contributed by atoms with Gasteiger partial charge in [0.25, 0.3) is 0 Å². The predicted octanol–water partition coefficient (Wildman–Crippen LogP) is 8.73. The third-order valence-electron chi connectivity index (χ3n) is 15.8. The molecular weight excluding hydrogens is 1150 g/mol. The van der Waals surface area contributed by atoms with Crippen LogP contribution >= 0.6 is 11.3 Å². The van der Waals surface area contributed by atoms with Crippen molar-refractivity contribution in [2.75, 3.05) is 98.8 Å². The Morgan fingerprint density at radius 3 is 2.02 bits per heavy atom. The number of pyridine rings is 1. The van der Waals surface area contributed by atoms with Crippen LogP contribution in [0.3, 0.4) is 0 Å². The molecular formula is C69H90N8O11S. The van der Waals surface area contributed by atoms with Gasteiger partial charge < -0.3 is 43.9 Å². The van der Waals surface area contributed by atoms with Gasteiger partial charge in [0.2, 0.25) is 17.7 Å². The zero-order valence-electron chi connectivity index (χ0n) is 53.0. The molecule has 3 atom stereocenters. The number of rotatable bonds is 32. The molecule has 2 saturated heterocycles. The summed E-state index contributed by atoms with van der Waals surface area (Å²) in [6.45, 7) is 22.9. The third-order valence-corrected chi connectivity index (χ3v) is 16.8. The summed E-state index contributed by atoms with van der Waals surface area (Å²) in [6.07, 6.45) is 6.25. The van der Waals surface area contributed by atoms with Gasteiger partial charge in [0.1, 0.15) is 17.6 Å². The number of Topliss-reactive ketones (excluding diaryl/α,β-unsaturated/α-hetero) is 2. The number of hydrogen-bond donors (Lipinski definition) is 2. The highest BCUT2D eigenvalue weighted by atomic mass is 32.1. The molecule has 3 aromatic carbocycles. The Kier molecular flexibility index (Phi) is 28.1. The highest BCUT2D eigenvalue weighted by Gasteiger charge is 2.44. The number of aliphatic hydroxyl groups is 1. The summed E-state index contributed by atoms with van der Waals surface area (Å²) >= 11 is 1.59. The van der Waals surface area contributed by atoms with E-state index in [0.717, 1.165) is 80.7 Å². The Hall–Kier alpha value is -7.01. The molecule has 0 saturated carbocycles. The second-order valence-corrected chi connectivity index (χ2v) is 24.3. The number of piperazine rings is 1. The van der Waals surface area contributed by atoms with Crippen molar-refractivity contribution >= 4 is 40.6 Å². The summed E-state index contributed by atoms with van der Waals surface area (Å²) in [6, 6.07) is 27.0. The lowest BCUT2D eigenvalue weighted by Crippen LogP contribution is -2.50. The normalized spacial score (nSPS) is 15.6. The number of aromatic nitrogens is 4. The van der Waals surface area contributed by atoms with Crippen LogP contribution in [0.4, 0.5) is 0 Å². The SMILES string of the molecule is CCOCCOCCC(=O)C[C@H](C(=O)N1C[C@H](O)C[C@H]1C(=O)NCc1ccc(-c2scnc2C)cc1)C(C)(C)C.CCOCCOCCOCCC(=O)N1CCN(Cc2ccc(C(=O)Cc3ccc(C)c(Cc4nccc(-c5cccnc5)n4)c3)cc2)CC1. The van der Waals surface area contributed by atoms with Crippen LogP contribution in [0.5, 0.6) is 0 Å². The Labute approximate surface area is 528 Å². The minimum Gasteiger partial charge on any atom is -0.391 e. The topological polar surface area (TPSA) is 225 Å². The molecule has 2 aliphatic heterocycles. The molecule has 0 radical (unpaired) electrons. The Balaban J connectivity index is 0.000000259. The fourth-order valence-electron chi connectivity index (χ4n) is 10.6. The number of aliphatic hydroxyl groups excluding tert-OH is 1. The fraction of sp³-hybridized carbons (Fsp3) is 0.493. The number of ketones is 2. The van der Waals surface area contributed by atoms with Crippen molar-refractivity contribution in [3.05, 3.63) is 154 Å². The van der Waals surface area contributed by atoms with E-state index >= 15 is 0 Å². The van der Waals surface area contributed by atoms with Crippen molar-refractivity contribution in [1.29, 1.82) is 0 Å². The summed E-state index contributed by atoms with van der Waals surface area (Å²) in [5.41, 5.74) is 11.2. The first-order valence-electron chi connectivity index (χ1n) is 31.1. The number of likely N-dealkylation sites (tertiary alicyclic amines) is 1. The number of β-amino-alcohol motifs (C(OH)–C–C–N with tert-alkyl or cyclic N) is 1. The van der Waals surface area contributed by atoms with E-state index in [9.17, 15) is 29.1 Å². The first-order chi connectivity index (χ1) is 43.0. The molecule has 3 aromatic heterocycles. The Morgan fingerprint density at radius 1 is 0.730 bits per heavy atom. The van der Waals surface area contributed by atoms with Gasteiger partial charge >= 0.3 is 0 Å². The maximum atomic E-state index is 13.7. The Morgan fingerprint density at radius 2 is 1.38 bits per heavy atom. The quantitative estimate of drug-likeness (QED) is 0.0297. The average molecular weight is 1240 g/mol. The largest absolute Gasteiger partial charge is 0.391 e. The number of hydrogen-bond acceptors (Lipinski definition) is 17. The summed E-state index contributed by atoms with van der Waals surface area (Å²) < 4.78 is 26.9. The molecule has 89 heavy (non-hydrogen) atoms. The van der Waals surface area contributed by atoms with E-state index in [-0.39, 0.29) is 61.7 Å². The van der Waals surface area contributed by atoms with Gasteiger partial charge in [0, 0.05) is 127 Å². The van der Waals surface area contributed by atoms with Crippen LogP contribution in [0.1, 0.15) is 110 Å². The van der Waals surface area contributed by atoms with Gasteiger partial charge in [0.05, 0.1) is 87.2 Å². The van der Waals surface area contributed by atoms with E-state index in [2.05, 4.69) is 44.2 Å². The second-order valence-electron chi connectivity index (χ2n) is 23.5. The van der Waals surface area contributed by atoms with E-state index < -0.39 is 23.5 Å². The number of aryl methyl sites for hydroxylation is 2. The van der Waals surface area contributed by atoms with Crippen molar-refractivity contribution in [1.82, 2.24) is 40.0 Å². The lowest BCUT2D eigenvalue weighted by Gasteiger charge is -2.34. The summed E-state index contributed by atoms with van der Waals surface area (Å²) in [4.78, 5) is 90.1. The number of ether oxygens (including phenoxy) is 5. The van der Waals surface area contributed by atoms with Crippen LogP contribution in [-0.2, 0) is 68.8 Å². The van der Waals surface area contributed by atoms with Crippen LogP contribution in [0.25, 0.3) is 21.7 Å². The number of carbonyl (C=O) groups is 5. The lowest BCUT2D eigenvalue weighted by atomic mass is 9.76. The molecule has 6 aromatic rings. The minimum absolute atomic E-state index is 0.0592. The first-order valence-corrected chi connectivity index (χ1v) is 32.0. The molecule has 478 valence electrons. The minimum atomic E-state index is -0.795. The van der Waals surface area contributed by atoms with Gasteiger partial charge in [0.15, 0.2) is 5.78 Å². The third kappa shape index (κ3) is 22.5. The van der Waals surface area contributed by atoms with E-state index in [1.807, 2.05) is 125 Å². The molecule has 0 bridgehead atoms. The van der Waals surface area contributed by atoms with Gasteiger partial charge in [-0.3, -0.25) is 33.9 Å². The van der Waals surface area contributed by atoms with Crippen LogP contribution in [-0.4, -0.2) is 180 Å². The standard InChI is InChI=1S/C39H47N5O5.C30H43N3O6S/c1-3-47-21-22-49-24-23-48-20-13-39(46)44-18-16-43(17-19-44)29-31-8-10-33(11-9-31)37(45)26-32-7-6-30(2)35(25-32)27-38-41-15-12-36(42-38)34-5-4-14-40-28-34;1-6-38-13-14-39-12-11-23(34)15-25(30(3,4)5)29(37)33-18-24(35)16-26(33)28(36)31-17-21-7-9-22(10-8-21)27-20(2)32-19-40-27/h4-12,14-15,25,28H,3,13,16-24,26-27,29H2,1-2H3;7-10,19,24-26,35H,6,11-18H2,1-5H3,(H,31,36)/t;24-,25-,26+/m.1/s1. The van der Waals surface area contributed by atoms with E-state index in [1.54, 1.807) is 29.9 Å². The molecule has 5 heterocycles. The van der Waals surface area contributed by atoms with Crippen LogP contribution < -0.4 is 5.32 Å². The molecule has 19 nitrogen and oxygen atoms in total. The average Bonchev–Trinajstić information content (AvgIpc) is 4.40. The highest BCUT2D eigenvalue weighted by molar-refractivity contribution is 7.13. The molecule has 0 spiro atoms. The number of amides is 3. The number of benzene rings is 3. The van der Waals surface area contributed by atoms with Gasteiger partial charge in [-0.2, -0.15) is 0 Å². The van der Waals surface area contributed by atoms with Crippen LogP contribution in [0, 0.1) is 25.2 Å². The fourth-order valence-corrected chi connectivity index (χ4v) is 11.4. The zero-order chi connectivity index (χ0) is 63.5. The number of thiazole rings is 1. The highest BCUT2D eigenvalue weighted by Crippen LogP contribution is 2.34. The Bertz CT molecular complexity index is 3170. The predicted molar refractivity (Wildman–Crippen MR) is 343 cm³/mol. The molecule has 0 aliphatic carbocycles. The molecule has 2 aliphatic rings. The van der Waals surface area contributed by atoms with Crippen molar-refractivity contribution in [2.45, 2.75) is 112 Å². The monoisotopic (exact) mass is 1240 g/mol. The number of carbonyl (C=O) groups excluding carboxylic acids is 5. The van der Waals surface area contributed by atoms with E-state index in [1.165, 1.54) is 4.90 Å². The van der Waals surface area contributed by atoms with E-state index in [4.69, 9.17) is 28.7 Å². The smallest absolute Gasteiger partial charge is 0.243 e. The maximum Gasteiger partial charge on any atom is 0.243 e. The van der Waals surface area contributed by atoms with Gasteiger partial charge in [-0.05, 0) is 84.7 Å². The second kappa shape index (κ2) is 36.0. The van der Waals surface area contributed by atoms with Crippen molar-refractivity contribution in [2.24, 2.45) is 11.3 Å². The number of nitrogens with one attached hydrogen (secondary N) is 1. The van der Waals surface area contributed by atoms with Crippen LogP contribution in [0.15, 0.2) is 109 Å².